The van der Waals surface area contributed by atoms with Crippen LogP contribution in [-0.4, -0.2) is 34.4 Å². The van der Waals surface area contributed by atoms with Gasteiger partial charge in [-0.15, -0.1) is 0 Å². The van der Waals surface area contributed by atoms with E-state index in [2.05, 4.69) is 5.32 Å². The minimum Gasteiger partial charge on any atom is -0.481 e. The molecule has 1 unspecified atom stereocenters. The second-order valence-electron chi connectivity index (χ2n) is 6.07. The average molecular weight is 260 g/mol. The lowest BCUT2D eigenvalue weighted by Gasteiger charge is -2.30. The highest BCUT2D eigenvalue weighted by atomic mass is 16.6. The minimum atomic E-state index is -0.949. The van der Waals surface area contributed by atoms with Crippen molar-refractivity contribution in [2.75, 3.05) is 0 Å². The summed E-state index contributed by atoms with van der Waals surface area (Å²) in [7, 11) is 0. The predicted molar refractivity (Wildman–Crippen MR) is 68.3 cm³/mol. The summed E-state index contributed by atoms with van der Waals surface area (Å²) in [6.07, 6.45) is -0.298. The third-order valence-corrected chi connectivity index (χ3v) is 2.05. The van der Waals surface area contributed by atoms with Gasteiger partial charge in [0.15, 0.2) is 0 Å². The summed E-state index contributed by atoms with van der Waals surface area (Å²) >= 11 is 0. The molecule has 106 valence electrons. The summed E-state index contributed by atoms with van der Waals surface area (Å²) in [6, 6.07) is -0.507. The fourth-order valence-corrected chi connectivity index (χ4v) is 1.58. The third-order valence-electron chi connectivity index (χ3n) is 2.05. The van der Waals surface area contributed by atoms with E-state index in [0.29, 0.717) is 6.42 Å². The first-order valence-corrected chi connectivity index (χ1v) is 5.90. The smallest absolute Gasteiger partial charge is 0.408 e. The molecule has 0 bridgehead atoms. The molecular formula is C12H24N2O4. The number of carbonyl (C=O) groups is 2. The van der Waals surface area contributed by atoms with Crippen molar-refractivity contribution < 1.29 is 19.4 Å². The van der Waals surface area contributed by atoms with E-state index in [1.54, 1.807) is 34.6 Å². The topological polar surface area (TPSA) is 102 Å². The molecule has 0 aromatic rings. The summed E-state index contributed by atoms with van der Waals surface area (Å²) in [5, 5.41) is 11.3. The van der Waals surface area contributed by atoms with Gasteiger partial charge in [0.2, 0.25) is 0 Å². The van der Waals surface area contributed by atoms with Gasteiger partial charge in [-0.2, -0.15) is 0 Å². The molecule has 18 heavy (non-hydrogen) atoms. The van der Waals surface area contributed by atoms with Gasteiger partial charge in [0, 0.05) is 11.6 Å². The number of rotatable bonds is 5. The van der Waals surface area contributed by atoms with Gasteiger partial charge in [-0.25, -0.2) is 4.79 Å². The van der Waals surface area contributed by atoms with Gasteiger partial charge in [-0.1, -0.05) is 0 Å². The van der Waals surface area contributed by atoms with Gasteiger partial charge in [-0.3, -0.25) is 4.79 Å². The zero-order chi connectivity index (χ0) is 14.6. The summed E-state index contributed by atoms with van der Waals surface area (Å²) in [5.41, 5.74) is 4.51. The quantitative estimate of drug-likeness (QED) is 0.695. The number of carboxylic acid groups (broad SMARTS) is 1. The number of aliphatic carboxylic acids is 1. The van der Waals surface area contributed by atoms with Crippen LogP contribution >= 0.6 is 0 Å². The van der Waals surface area contributed by atoms with Crippen LogP contribution in [0.25, 0.3) is 0 Å². The molecule has 6 nitrogen and oxygen atoms in total. The number of carbonyl (C=O) groups excluding carboxylic acids is 1. The van der Waals surface area contributed by atoms with Crippen molar-refractivity contribution in [3.8, 4) is 0 Å². The van der Waals surface area contributed by atoms with Crippen molar-refractivity contribution in [3.05, 3.63) is 0 Å². The number of hydrogen-bond donors (Lipinski definition) is 3. The molecule has 0 saturated heterocycles. The fraction of sp³-hybridized carbons (Fsp3) is 0.833. The lowest BCUT2D eigenvalue weighted by atomic mass is 9.94. The molecular weight excluding hydrogens is 236 g/mol. The fourth-order valence-electron chi connectivity index (χ4n) is 1.58. The molecule has 0 spiro atoms. The normalized spacial score (nSPS) is 13.9. The number of alkyl carbamates (subject to hydrolysis) is 1. The SMILES string of the molecule is CC(C)(CC(N)CC(=O)O)NC(=O)OC(C)(C)C. The predicted octanol–water partition coefficient (Wildman–Crippen LogP) is 1.48. The van der Waals surface area contributed by atoms with Crippen molar-refractivity contribution in [2.45, 2.75) is 64.6 Å². The molecule has 0 rings (SSSR count). The zero-order valence-electron chi connectivity index (χ0n) is 11.7. The van der Waals surface area contributed by atoms with Crippen LogP contribution in [0.2, 0.25) is 0 Å². The molecule has 0 aliphatic carbocycles. The summed E-state index contributed by atoms with van der Waals surface area (Å²) in [6.45, 7) is 8.87. The molecule has 1 amide bonds. The van der Waals surface area contributed by atoms with Gasteiger partial charge in [0.25, 0.3) is 0 Å². The standard InChI is InChI=1S/C12H24N2O4/c1-11(2,3)18-10(17)14-12(4,5)7-8(13)6-9(15)16/h8H,6-7,13H2,1-5H3,(H,14,17)(H,15,16). The van der Waals surface area contributed by atoms with Gasteiger partial charge < -0.3 is 20.9 Å². The van der Waals surface area contributed by atoms with E-state index < -0.39 is 29.2 Å². The number of hydrogen-bond acceptors (Lipinski definition) is 4. The van der Waals surface area contributed by atoms with Crippen molar-refractivity contribution in [3.63, 3.8) is 0 Å². The molecule has 0 aromatic heterocycles. The van der Waals surface area contributed by atoms with Gasteiger partial charge >= 0.3 is 12.1 Å². The number of nitrogens with two attached hydrogens (primary N) is 1. The van der Waals surface area contributed by atoms with Crippen LogP contribution in [0.5, 0.6) is 0 Å². The minimum absolute atomic E-state index is 0.126. The Bertz CT molecular complexity index is 308. The van der Waals surface area contributed by atoms with E-state index in [0.717, 1.165) is 0 Å². The molecule has 0 heterocycles. The Morgan fingerprint density at radius 1 is 1.28 bits per heavy atom. The maximum absolute atomic E-state index is 11.6. The molecule has 0 aromatic carbocycles. The highest BCUT2D eigenvalue weighted by molar-refractivity contribution is 5.69. The van der Waals surface area contributed by atoms with Gasteiger partial charge in [0.1, 0.15) is 5.60 Å². The van der Waals surface area contributed by atoms with Crippen molar-refractivity contribution in [1.29, 1.82) is 0 Å². The van der Waals surface area contributed by atoms with E-state index in [9.17, 15) is 9.59 Å². The Morgan fingerprint density at radius 2 is 1.78 bits per heavy atom. The first kappa shape index (κ1) is 16.7. The van der Waals surface area contributed by atoms with Crippen LogP contribution in [0.15, 0.2) is 0 Å². The Labute approximate surface area is 108 Å². The Balaban J connectivity index is 4.30. The summed E-state index contributed by atoms with van der Waals surface area (Å²) < 4.78 is 5.13. The first-order valence-electron chi connectivity index (χ1n) is 5.90. The molecule has 1 atom stereocenters. The Hall–Kier alpha value is -1.30. The number of amides is 1. The second kappa shape index (κ2) is 6.04. The van der Waals surface area contributed by atoms with E-state index in [1.807, 2.05) is 0 Å². The van der Waals surface area contributed by atoms with Crippen LogP contribution < -0.4 is 11.1 Å². The third kappa shape index (κ3) is 8.81. The average Bonchev–Trinajstić information content (AvgIpc) is 1.92. The van der Waals surface area contributed by atoms with E-state index in [-0.39, 0.29) is 6.42 Å². The highest BCUT2D eigenvalue weighted by Crippen LogP contribution is 2.14. The highest BCUT2D eigenvalue weighted by Gasteiger charge is 2.27. The summed E-state index contributed by atoms with van der Waals surface area (Å²) in [4.78, 5) is 22.1. The maximum atomic E-state index is 11.6. The largest absolute Gasteiger partial charge is 0.481 e. The Morgan fingerprint density at radius 3 is 2.17 bits per heavy atom. The van der Waals surface area contributed by atoms with Crippen LogP contribution in [0.1, 0.15) is 47.5 Å². The lowest BCUT2D eigenvalue weighted by Crippen LogP contribution is -2.49. The van der Waals surface area contributed by atoms with E-state index >= 15 is 0 Å². The van der Waals surface area contributed by atoms with Crippen molar-refractivity contribution >= 4 is 12.1 Å². The molecule has 0 aliphatic rings. The molecule has 0 saturated carbocycles. The van der Waals surface area contributed by atoms with Gasteiger partial charge in [0.05, 0.1) is 6.42 Å². The number of ether oxygens (including phenoxy) is 1. The maximum Gasteiger partial charge on any atom is 0.408 e. The summed E-state index contributed by atoms with van der Waals surface area (Å²) in [5.74, 6) is -0.949. The van der Waals surface area contributed by atoms with Crippen molar-refractivity contribution in [2.24, 2.45) is 5.73 Å². The molecule has 0 fully saturated rings. The molecule has 0 radical (unpaired) electrons. The first-order chi connectivity index (χ1) is 7.91. The number of nitrogens with one attached hydrogen (secondary N) is 1. The molecule has 6 heteroatoms. The van der Waals surface area contributed by atoms with Gasteiger partial charge in [-0.05, 0) is 41.0 Å². The number of carboxylic acids is 1. The van der Waals surface area contributed by atoms with Crippen LogP contribution in [0.4, 0.5) is 4.79 Å². The van der Waals surface area contributed by atoms with Crippen LogP contribution in [0, 0.1) is 0 Å². The second-order valence-corrected chi connectivity index (χ2v) is 6.07. The van der Waals surface area contributed by atoms with E-state index in [1.165, 1.54) is 0 Å². The lowest BCUT2D eigenvalue weighted by molar-refractivity contribution is -0.137. The zero-order valence-corrected chi connectivity index (χ0v) is 11.7. The van der Waals surface area contributed by atoms with E-state index in [4.69, 9.17) is 15.6 Å². The van der Waals surface area contributed by atoms with Crippen LogP contribution in [-0.2, 0) is 9.53 Å². The van der Waals surface area contributed by atoms with Crippen molar-refractivity contribution in [1.82, 2.24) is 5.32 Å². The molecule has 4 N–H and O–H groups in total. The Kier molecular flexibility index (Phi) is 5.60. The molecule has 0 aliphatic heterocycles. The monoisotopic (exact) mass is 260 g/mol. The van der Waals surface area contributed by atoms with Crippen LogP contribution in [0.3, 0.4) is 0 Å².